The van der Waals surface area contributed by atoms with E-state index >= 15 is 0 Å². The quantitative estimate of drug-likeness (QED) is 0.00578. The van der Waals surface area contributed by atoms with Crippen molar-refractivity contribution in [2.45, 2.75) is 63.8 Å². The topological polar surface area (TPSA) is 397 Å². The molecule has 0 atom stereocenters. The molecule has 0 heterocycles. The first-order chi connectivity index (χ1) is 66.0. The Balaban J connectivity index is 0.000000164. The molecule has 15 aromatic carbocycles. The van der Waals surface area contributed by atoms with Gasteiger partial charge in [0.15, 0.2) is 115 Å². The molecule has 0 unspecified atom stereocenters. The molecule has 0 radical (unpaired) electrons. The summed E-state index contributed by atoms with van der Waals surface area (Å²) in [7, 11) is 32.0. The minimum absolute atomic E-state index is 0.0334. The van der Waals surface area contributed by atoms with Crippen LogP contribution in [0.3, 0.4) is 0 Å². The van der Waals surface area contributed by atoms with E-state index in [1.54, 1.807) is 155 Å². The summed E-state index contributed by atoms with van der Waals surface area (Å²) >= 11 is 7.31. The van der Waals surface area contributed by atoms with Crippen LogP contribution in [0.2, 0.25) is 0 Å². The molecular weight excluding hydrogens is 1880 g/mol. The average molecular weight is 1980 g/mol. The highest BCUT2D eigenvalue weighted by atomic mass is 79.9. The van der Waals surface area contributed by atoms with E-state index < -0.39 is 0 Å². The first kappa shape index (κ1) is 102. The van der Waals surface area contributed by atoms with Crippen LogP contribution in [0.25, 0.3) is 129 Å². The SMILES string of the molecule is COc1cc2c(C)c3cc(OC)c(OC)cc3c(C)c2cc1OC.COc1cc2c(CBr)c3cc(OC)c(OC)cc3c(CBr)c2cc1OC.COc1cc2c(CN)c3cc(OC)c(OC)cc3c(CN)c2cc1OC.COc1cc2c(CN=C=O)c3cc(OC)c(OC)cc3c(COC#N)c2cc1OC.COc1cc2c(CN=[N+]=[N-])c3cc(OC)c(OC)cc3c(CN=[N+]=[N-])c2cc1OC. The number of fused-ring (bicyclic) bond motifs is 10. The molecule has 710 valence electrons. The van der Waals surface area contributed by atoms with E-state index in [-0.39, 0.29) is 26.2 Å². The Labute approximate surface area is 802 Å². The second-order valence-corrected chi connectivity index (χ2v) is 31.0. The molecule has 0 aliphatic rings. The summed E-state index contributed by atoms with van der Waals surface area (Å²) in [5, 5.41) is 37.3. The molecule has 0 saturated heterocycles. The molecule has 34 heteroatoms. The number of nitriles is 1. The maximum atomic E-state index is 10.9. The fourth-order valence-electron chi connectivity index (χ4n) is 17.3. The molecule has 0 fully saturated rings. The molecule has 4 N–H and O–H groups in total. The van der Waals surface area contributed by atoms with Crippen molar-refractivity contribution >= 4 is 146 Å². The Morgan fingerprint density at radius 3 is 0.566 bits per heavy atom. The molecule has 0 bridgehead atoms. The Bertz CT molecular complexity index is 6410. The molecule has 0 aromatic heterocycles. The van der Waals surface area contributed by atoms with Crippen LogP contribution in [0.15, 0.2) is 137 Å². The third-order valence-corrected chi connectivity index (χ3v) is 25.0. The van der Waals surface area contributed by atoms with Gasteiger partial charge in [-0.25, -0.2) is 9.79 Å². The van der Waals surface area contributed by atoms with Crippen molar-refractivity contribution < 1.29 is 104 Å². The van der Waals surface area contributed by atoms with Crippen molar-refractivity contribution in [1.29, 1.82) is 5.26 Å². The van der Waals surface area contributed by atoms with Crippen LogP contribution in [-0.4, -0.2) is 148 Å². The van der Waals surface area contributed by atoms with Gasteiger partial charge >= 0.3 is 0 Å². The van der Waals surface area contributed by atoms with Crippen LogP contribution in [0, 0.1) is 25.4 Å². The summed E-state index contributed by atoms with van der Waals surface area (Å²) < 4.78 is 115. The van der Waals surface area contributed by atoms with Crippen molar-refractivity contribution in [3.8, 4) is 121 Å². The highest BCUT2D eigenvalue weighted by Gasteiger charge is 2.27. The zero-order valence-corrected chi connectivity index (χ0v) is 82.8. The first-order valence-electron chi connectivity index (χ1n) is 41.9. The van der Waals surface area contributed by atoms with E-state index in [1.807, 2.05) is 121 Å². The number of isocyanates is 1. The molecule has 15 rings (SSSR count). The summed E-state index contributed by atoms with van der Waals surface area (Å²) in [6, 6.07) is 38.6. The van der Waals surface area contributed by atoms with E-state index in [1.165, 1.54) is 22.3 Å². The highest BCUT2D eigenvalue weighted by molar-refractivity contribution is 9.08. The van der Waals surface area contributed by atoms with Crippen molar-refractivity contribution in [3.05, 3.63) is 198 Å². The molecular formula is C102H106Br2N10O22. The second kappa shape index (κ2) is 46.6. The molecule has 136 heavy (non-hydrogen) atoms. The summed E-state index contributed by atoms with van der Waals surface area (Å²) in [6.07, 6.45) is 3.31. The minimum atomic E-state index is 0.0334. The normalized spacial score (nSPS) is 10.7. The summed E-state index contributed by atoms with van der Waals surface area (Å²) in [5.41, 5.74) is 39.8. The molecule has 32 nitrogen and oxygen atoms in total. The lowest BCUT2D eigenvalue weighted by Crippen LogP contribution is -2.06. The number of carbonyl (C=O) groups excluding carboxylic acids is 1. The van der Waals surface area contributed by atoms with Crippen LogP contribution in [0.4, 0.5) is 0 Å². The number of halogens is 2. The van der Waals surface area contributed by atoms with Gasteiger partial charge in [0.05, 0.1) is 162 Å². The number of rotatable bonds is 32. The van der Waals surface area contributed by atoms with Crippen LogP contribution < -0.4 is 106 Å². The van der Waals surface area contributed by atoms with Crippen molar-refractivity contribution in [2.24, 2.45) is 26.7 Å². The fraction of sp³-hybridized carbons (Fsp3) is 0.294. The predicted molar refractivity (Wildman–Crippen MR) is 537 cm³/mol. The van der Waals surface area contributed by atoms with Gasteiger partial charge in [-0.05, 0) is 304 Å². The molecule has 0 aliphatic heterocycles. The van der Waals surface area contributed by atoms with Crippen molar-refractivity contribution in [2.75, 3.05) is 142 Å². The third-order valence-electron chi connectivity index (χ3n) is 23.9. The minimum Gasteiger partial charge on any atom is -0.493 e. The number of aryl methyl sites for hydroxylation is 2. The Hall–Kier alpha value is -14.9. The number of nitrogens with zero attached hydrogens (tertiary/aromatic N) is 8. The van der Waals surface area contributed by atoms with E-state index in [2.05, 4.69) is 70.8 Å². The summed E-state index contributed by atoms with van der Waals surface area (Å²) in [6.45, 7) is 5.30. The largest absolute Gasteiger partial charge is 0.493 e. The maximum absolute atomic E-state index is 10.9. The van der Waals surface area contributed by atoms with Gasteiger partial charge in [-0.1, -0.05) is 42.1 Å². The van der Waals surface area contributed by atoms with E-state index in [0.717, 1.165) is 164 Å². The fourth-order valence-corrected chi connectivity index (χ4v) is 18.5. The Morgan fingerprint density at radius 1 is 0.265 bits per heavy atom. The number of hydrogen-bond acceptors (Lipinski definition) is 28. The van der Waals surface area contributed by atoms with E-state index in [4.69, 9.17) is 127 Å². The van der Waals surface area contributed by atoms with Gasteiger partial charge in [0.2, 0.25) is 6.08 Å². The summed E-state index contributed by atoms with van der Waals surface area (Å²) in [4.78, 5) is 20.5. The van der Waals surface area contributed by atoms with Crippen LogP contribution in [0.5, 0.6) is 115 Å². The Kier molecular flexibility index (Phi) is 34.8. The number of ether oxygens (including phenoxy) is 21. The van der Waals surface area contributed by atoms with Crippen molar-refractivity contribution in [1.82, 2.24) is 0 Å². The van der Waals surface area contributed by atoms with Crippen molar-refractivity contribution in [3.63, 3.8) is 0 Å². The van der Waals surface area contributed by atoms with Crippen LogP contribution >= 0.6 is 31.9 Å². The lowest BCUT2D eigenvalue weighted by atomic mass is 9.90. The van der Waals surface area contributed by atoms with Gasteiger partial charge in [0.25, 0.3) is 6.26 Å². The Morgan fingerprint density at radius 2 is 0.419 bits per heavy atom. The zero-order valence-electron chi connectivity index (χ0n) is 79.7. The predicted octanol–water partition coefficient (Wildman–Crippen LogP) is 22.9. The summed E-state index contributed by atoms with van der Waals surface area (Å²) in [5.74, 6) is 12.6. The standard InChI is InChI=1S/C22H20N2O6.C20H20Br2O4.C20H20N6O4.C20H24N2O4.C20H22O4/c1-26-19-5-13-15(7-21(19)28-3)18(10-30-11-23)16-8-22(29-4)20(27-2)6-14(16)17(13)9-24-12-25;1-23-17-5-11-12(6-18(17)24-2)16(10-22)14-8-20(26-4)19(25-3)7-13(14)15(11)9-21;1-27-17-5-11-12(6-18(17)28-2)16(10-24-26-22)14-8-20(30-4)19(29-3)7-13(14)15(11)9-23-25-21;1-23-17-5-11-12(6-18(17)24-2)16(10-22)14-8-20(26-4)19(25-3)7-13(14)15(11)9-21;1-11-13-7-17(21-3)19(23-5)9-15(13)12(2)16-10-20(24-6)18(22-4)8-14(11)16/h5-8H,9-10H2,1-4H3;5-8H,9-10H2,1-4H3;5-8H,9-10H2,1-4H3;5-8H,9-10,21-22H2,1-4H3;7-10H,1-6H3. The third kappa shape index (κ3) is 19.9. The number of methoxy groups -OCH3 is 20. The highest BCUT2D eigenvalue weighted by Crippen LogP contribution is 2.51. The number of azide groups is 2. The van der Waals surface area contributed by atoms with E-state index in [0.29, 0.717) is 116 Å². The number of nitrogens with two attached hydrogens (primary N) is 2. The number of hydrogen-bond donors (Lipinski definition) is 2. The van der Waals surface area contributed by atoms with Gasteiger partial charge in [-0.2, -0.15) is 5.26 Å². The smallest absolute Gasteiger partial charge is 0.286 e. The second-order valence-electron chi connectivity index (χ2n) is 29.8. The van der Waals surface area contributed by atoms with E-state index in [9.17, 15) is 4.79 Å². The lowest BCUT2D eigenvalue weighted by Gasteiger charge is -2.19. The van der Waals surface area contributed by atoms with Gasteiger partial charge in [0, 0.05) is 39.1 Å². The molecule has 0 amide bonds. The molecule has 15 aromatic rings. The zero-order chi connectivity index (χ0) is 98.5. The number of alkyl halides is 2. The number of aliphatic imine (C=N–C) groups is 1. The first-order valence-corrected chi connectivity index (χ1v) is 44.1. The monoisotopic (exact) mass is 1980 g/mol. The lowest BCUT2D eigenvalue weighted by molar-refractivity contribution is 0.260. The van der Waals surface area contributed by atoms with Gasteiger partial charge in [0.1, 0.15) is 6.61 Å². The molecule has 0 spiro atoms. The van der Waals surface area contributed by atoms with Gasteiger partial charge in [-0.15, -0.1) is 0 Å². The van der Waals surface area contributed by atoms with Crippen LogP contribution in [-0.2, 0) is 59.5 Å². The number of benzene rings is 15. The van der Waals surface area contributed by atoms with Gasteiger partial charge < -0.3 is 111 Å². The molecule has 0 saturated carbocycles. The van der Waals surface area contributed by atoms with Gasteiger partial charge in [-0.3, -0.25) is 0 Å². The maximum Gasteiger partial charge on any atom is 0.286 e. The van der Waals surface area contributed by atoms with Crippen LogP contribution in [0.1, 0.15) is 55.6 Å². The average Bonchev–Trinajstić information content (AvgIpc) is 0.753. The molecule has 0 aliphatic carbocycles.